The number of amides is 2. The summed E-state index contributed by atoms with van der Waals surface area (Å²) in [7, 11) is 0. The average molecular weight is 340 g/mol. The van der Waals surface area contributed by atoms with Crippen molar-refractivity contribution in [2.45, 2.75) is 33.2 Å². The van der Waals surface area contributed by atoms with Crippen molar-refractivity contribution in [3.63, 3.8) is 0 Å². The zero-order valence-electron chi connectivity index (χ0n) is 15.0. The van der Waals surface area contributed by atoms with Crippen LogP contribution in [0.2, 0.25) is 0 Å². The molecule has 3 rings (SSSR count). The summed E-state index contributed by atoms with van der Waals surface area (Å²) < 4.78 is 0. The van der Waals surface area contributed by atoms with Gasteiger partial charge in [-0.2, -0.15) is 5.10 Å². The fourth-order valence-electron chi connectivity index (χ4n) is 3.44. The number of piperazine rings is 1. The zero-order chi connectivity index (χ0) is 18.0. The molecule has 1 aliphatic heterocycles. The molecule has 25 heavy (non-hydrogen) atoms. The van der Waals surface area contributed by atoms with Crippen LogP contribution in [0.1, 0.15) is 35.5 Å². The van der Waals surface area contributed by atoms with Gasteiger partial charge in [0.1, 0.15) is 0 Å². The first-order chi connectivity index (χ1) is 12.0. The van der Waals surface area contributed by atoms with Crippen LogP contribution in [0.15, 0.2) is 30.3 Å². The molecule has 1 aromatic heterocycles. The fraction of sp³-hybridized carbons (Fsp3) is 0.421. The van der Waals surface area contributed by atoms with Crippen LogP contribution in [-0.2, 0) is 16.0 Å². The summed E-state index contributed by atoms with van der Waals surface area (Å²) in [5, 5.41) is 7.09. The van der Waals surface area contributed by atoms with E-state index in [-0.39, 0.29) is 17.9 Å². The summed E-state index contributed by atoms with van der Waals surface area (Å²) in [6.07, 6.45) is 0.343. The summed E-state index contributed by atoms with van der Waals surface area (Å²) >= 11 is 0. The standard InChI is InChI=1S/C19H24N4O2/c1-13-17(14(2)21-20-13)11-19(25)22-9-10-23(15(3)24)18(12-22)16-7-5-4-6-8-16/h4-8,18H,9-12H2,1-3H3,(H,20,21). The summed E-state index contributed by atoms with van der Waals surface area (Å²) in [4.78, 5) is 28.5. The highest BCUT2D eigenvalue weighted by molar-refractivity contribution is 5.80. The molecule has 1 N–H and O–H groups in total. The number of nitrogens with one attached hydrogen (secondary N) is 1. The molecule has 2 aromatic rings. The number of nitrogens with zero attached hydrogens (tertiary/aromatic N) is 3. The van der Waals surface area contributed by atoms with E-state index in [1.54, 1.807) is 6.92 Å². The van der Waals surface area contributed by atoms with Crippen molar-refractivity contribution in [1.82, 2.24) is 20.0 Å². The van der Waals surface area contributed by atoms with Gasteiger partial charge in [-0.15, -0.1) is 0 Å². The van der Waals surface area contributed by atoms with Crippen LogP contribution in [0.25, 0.3) is 0 Å². The normalized spacial score (nSPS) is 17.6. The second kappa shape index (κ2) is 7.09. The van der Waals surface area contributed by atoms with Gasteiger partial charge in [0, 0.05) is 37.8 Å². The molecule has 1 aromatic carbocycles. The van der Waals surface area contributed by atoms with Crippen LogP contribution in [0, 0.1) is 13.8 Å². The van der Waals surface area contributed by atoms with Gasteiger partial charge in [-0.1, -0.05) is 30.3 Å². The predicted octanol–water partition coefficient (Wildman–Crippen LogP) is 2.00. The van der Waals surface area contributed by atoms with Gasteiger partial charge in [0.25, 0.3) is 0 Å². The number of aromatic nitrogens is 2. The van der Waals surface area contributed by atoms with Gasteiger partial charge in [0.2, 0.25) is 11.8 Å². The van der Waals surface area contributed by atoms with E-state index >= 15 is 0 Å². The van der Waals surface area contributed by atoms with Gasteiger partial charge in [-0.3, -0.25) is 14.7 Å². The second-order valence-corrected chi connectivity index (χ2v) is 6.57. The highest BCUT2D eigenvalue weighted by atomic mass is 16.2. The minimum Gasteiger partial charge on any atom is -0.338 e. The van der Waals surface area contributed by atoms with Crippen LogP contribution >= 0.6 is 0 Å². The first-order valence-electron chi connectivity index (χ1n) is 8.57. The smallest absolute Gasteiger partial charge is 0.227 e. The van der Waals surface area contributed by atoms with Crippen molar-refractivity contribution in [2.75, 3.05) is 19.6 Å². The molecule has 0 saturated carbocycles. The maximum atomic E-state index is 12.8. The van der Waals surface area contributed by atoms with E-state index in [2.05, 4.69) is 10.2 Å². The highest BCUT2D eigenvalue weighted by Crippen LogP contribution is 2.26. The Labute approximate surface area is 147 Å². The van der Waals surface area contributed by atoms with Crippen molar-refractivity contribution < 1.29 is 9.59 Å². The number of hydrogen-bond acceptors (Lipinski definition) is 3. The van der Waals surface area contributed by atoms with Crippen molar-refractivity contribution in [2.24, 2.45) is 0 Å². The number of benzene rings is 1. The molecular weight excluding hydrogens is 316 g/mol. The first kappa shape index (κ1) is 17.2. The Morgan fingerprint density at radius 2 is 1.92 bits per heavy atom. The molecule has 1 atom stereocenters. The molecule has 1 unspecified atom stereocenters. The lowest BCUT2D eigenvalue weighted by Gasteiger charge is -2.41. The molecule has 2 amide bonds. The molecular formula is C19H24N4O2. The third-order valence-electron chi connectivity index (χ3n) is 4.93. The van der Waals surface area contributed by atoms with E-state index in [1.807, 2.05) is 54.0 Å². The molecule has 1 fully saturated rings. The van der Waals surface area contributed by atoms with Crippen LogP contribution in [0.5, 0.6) is 0 Å². The Balaban J connectivity index is 1.78. The van der Waals surface area contributed by atoms with E-state index in [4.69, 9.17) is 0 Å². The summed E-state index contributed by atoms with van der Waals surface area (Å²) in [6.45, 7) is 7.08. The van der Waals surface area contributed by atoms with Gasteiger partial charge in [-0.05, 0) is 19.4 Å². The Morgan fingerprint density at radius 1 is 1.20 bits per heavy atom. The molecule has 0 radical (unpaired) electrons. The topological polar surface area (TPSA) is 69.3 Å². The highest BCUT2D eigenvalue weighted by Gasteiger charge is 2.32. The summed E-state index contributed by atoms with van der Waals surface area (Å²) in [6, 6.07) is 9.82. The molecule has 2 heterocycles. The van der Waals surface area contributed by atoms with Gasteiger partial charge in [-0.25, -0.2) is 0 Å². The van der Waals surface area contributed by atoms with Crippen LogP contribution in [0.3, 0.4) is 0 Å². The summed E-state index contributed by atoms with van der Waals surface area (Å²) in [5.41, 5.74) is 3.83. The van der Waals surface area contributed by atoms with E-state index in [0.29, 0.717) is 26.1 Å². The predicted molar refractivity (Wildman–Crippen MR) is 94.9 cm³/mol. The Bertz CT molecular complexity index is 749. The number of carbonyl (C=O) groups excluding carboxylic acids is 2. The molecule has 0 aliphatic carbocycles. The van der Waals surface area contributed by atoms with Crippen molar-refractivity contribution >= 4 is 11.8 Å². The van der Waals surface area contributed by atoms with Gasteiger partial charge in [0.15, 0.2) is 0 Å². The number of hydrogen-bond donors (Lipinski definition) is 1. The SMILES string of the molecule is CC(=O)N1CCN(C(=O)Cc2c(C)n[nH]c2C)CC1c1ccccc1. The molecule has 132 valence electrons. The number of aromatic amines is 1. The number of carbonyl (C=O) groups is 2. The van der Waals surface area contributed by atoms with Crippen molar-refractivity contribution in [3.05, 3.63) is 52.8 Å². The Kier molecular flexibility index (Phi) is 4.88. The van der Waals surface area contributed by atoms with Crippen LogP contribution < -0.4 is 0 Å². The zero-order valence-corrected chi connectivity index (χ0v) is 15.0. The monoisotopic (exact) mass is 340 g/mol. The van der Waals surface area contributed by atoms with Crippen LogP contribution in [-0.4, -0.2) is 51.4 Å². The number of H-pyrrole nitrogens is 1. The number of aryl methyl sites for hydroxylation is 2. The van der Waals surface area contributed by atoms with Gasteiger partial charge in [0.05, 0.1) is 18.2 Å². The lowest BCUT2D eigenvalue weighted by atomic mass is 10.0. The molecule has 6 heteroatoms. The second-order valence-electron chi connectivity index (χ2n) is 6.57. The van der Waals surface area contributed by atoms with E-state index in [0.717, 1.165) is 22.5 Å². The van der Waals surface area contributed by atoms with Crippen LogP contribution in [0.4, 0.5) is 0 Å². The minimum atomic E-state index is -0.0945. The molecule has 1 saturated heterocycles. The van der Waals surface area contributed by atoms with Crippen molar-refractivity contribution in [1.29, 1.82) is 0 Å². The molecule has 6 nitrogen and oxygen atoms in total. The third-order valence-corrected chi connectivity index (χ3v) is 4.93. The number of rotatable bonds is 3. The van der Waals surface area contributed by atoms with E-state index in [9.17, 15) is 9.59 Å². The third kappa shape index (κ3) is 3.57. The minimum absolute atomic E-state index is 0.0440. The molecule has 0 bridgehead atoms. The van der Waals surface area contributed by atoms with E-state index in [1.165, 1.54) is 0 Å². The largest absolute Gasteiger partial charge is 0.338 e. The quantitative estimate of drug-likeness (QED) is 0.929. The van der Waals surface area contributed by atoms with Gasteiger partial charge < -0.3 is 9.80 Å². The Hall–Kier alpha value is -2.63. The maximum absolute atomic E-state index is 12.8. The fourth-order valence-corrected chi connectivity index (χ4v) is 3.44. The van der Waals surface area contributed by atoms with E-state index < -0.39 is 0 Å². The van der Waals surface area contributed by atoms with Gasteiger partial charge >= 0.3 is 0 Å². The maximum Gasteiger partial charge on any atom is 0.227 e. The Morgan fingerprint density at radius 3 is 2.52 bits per heavy atom. The first-order valence-corrected chi connectivity index (χ1v) is 8.57. The lowest BCUT2D eigenvalue weighted by molar-refractivity contribution is -0.141. The van der Waals surface area contributed by atoms with Crippen molar-refractivity contribution in [3.8, 4) is 0 Å². The molecule has 0 spiro atoms. The lowest BCUT2D eigenvalue weighted by Crippen LogP contribution is -2.52. The summed E-state index contributed by atoms with van der Waals surface area (Å²) in [5.74, 6) is 0.124. The molecule has 1 aliphatic rings. The average Bonchev–Trinajstić information content (AvgIpc) is 2.93.